The Hall–Kier alpha value is -3.30. The number of esters is 1. The predicted octanol–water partition coefficient (Wildman–Crippen LogP) is 2.91. The highest BCUT2D eigenvalue weighted by Gasteiger charge is 2.35. The molecule has 0 atom stereocenters. The van der Waals surface area contributed by atoms with Gasteiger partial charge in [-0.05, 0) is 12.1 Å². The standard InChI is InChI=1S/C17H14F3N3O4/c1-26-14(24)2-4-21-16(25)13-8-23-7-11(10-3-5-27-9-10)6-12(15(23)22-13)17(18,19)20/h3,5-9H,2,4H2,1H3,(H,21,25). The van der Waals surface area contributed by atoms with Gasteiger partial charge in [0.25, 0.3) is 5.91 Å². The van der Waals surface area contributed by atoms with Crippen LogP contribution in [-0.2, 0) is 15.7 Å². The molecular weight excluding hydrogens is 367 g/mol. The highest BCUT2D eigenvalue weighted by atomic mass is 19.4. The zero-order valence-corrected chi connectivity index (χ0v) is 14.0. The molecule has 0 unspecified atom stereocenters. The average Bonchev–Trinajstić information content (AvgIpc) is 3.28. The summed E-state index contributed by atoms with van der Waals surface area (Å²) in [5.41, 5.74) is -0.851. The molecule has 0 saturated heterocycles. The molecule has 3 heterocycles. The number of pyridine rings is 1. The smallest absolute Gasteiger partial charge is 0.420 e. The van der Waals surface area contributed by atoms with Gasteiger partial charge in [0.1, 0.15) is 11.3 Å². The van der Waals surface area contributed by atoms with Gasteiger partial charge >= 0.3 is 12.1 Å². The quantitative estimate of drug-likeness (QED) is 0.687. The van der Waals surface area contributed by atoms with Crippen LogP contribution in [0.1, 0.15) is 22.5 Å². The van der Waals surface area contributed by atoms with Crippen LogP contribution in [-0.4, -0.2) is 34.9 Å². The van der Waals surface area contributed by atoms with Gasteiger partial charge in [-0.15, -0.1) is 0 Å². The highest BCUT2D eigenvalue weighted by molar-refractivity contribution is 5.93. The number of furan rings is 1. The minimum atomic E-state index is -4.66. The van der Waals surface area contributed by atoms with Gasteiger partial charge in [-0.2, -0.15) is 13.2 Å². The van der Waals surface area contributed by atoms with Gasteiger partial charge < -0.3 is 18.9 Å². The van der Waals surface area contributed by atoms with E-state index in [0.29, 0.717) is 5.56 Å². The van der Waals surface area contributed by atoms with Crippen molar-refractivity contribution in [2.45, 2.75) is 12.6 Å². The molecule has 3 aromatic heterocycles. The number of rotatable bonds is 5. The second kappa shape index (κ2) is 7.14. The van der Waals surface area contributed by atoms with Crippen LogP contribution in [0.4, 0.5) is 13.2 Å². The number of aromatic nitrogens is 2. The first kappa shape index (κ1) is 18.5. The maximum Gasteiger partial charge on any atom is 0.420 e. The molecule has 142 valence electrons. The van der Waals surface area contributed by atoms with Crippen molar-refractivity contribution < 1.29 is 31.9 Å². The van der Waals surface area contributed by atoms with Gasteiger partial charge in [0.15, 0.2) is 0 Å². The number of hydrogen-bond donors (Lipinski definition) is 1. The first-order chi connectivity index (χ1) is 12.8. The molecule has 3 aromatic rings. The molecule has 1 amide bonds. The maximum atomic E-state index is 13.5. The molecule has 0 spiro atoms. The fourth-order valence-corrected chi connectivity index (χ4v) is 2.47. The van der Waals surface area contributed by atoms with E-state index in [1.807, 2.05) is 0 Å². The molecule has 0 aliphatic heterocycles. The summed E-state index contributed by atoms with van der Waals surface area (Å²) in [7, 11) is 1.21. The molecule has 0 aliphatic carbocycles. The maximum absolute atomic E-state index is 13.5. The van der Waals surface area contributed by atoms with Crippen LogP contribution in [0.3, 0.4) is 0 Å². The Balaban J connectivity index is 1.96. The first-order valence-corrected chi connectivity index (χ1v) is 7.77. The third kappa shape index (κ3) is 3.94. The minimum absolute atomic E-state index is 0.0220. The largest absolute Gasteiger partial charge is 0.472 e. The molecule has 0 aliphatic rings. The van der Waals surface area contributed by atoms with Crippen molar-refractivity contribution >= 4 is 17.5 Å². The van der Waals surface area contributed by atoms with Crippen molar-refractivity contribution in [3.63, 3.8) is 0 Å². The van der Waals surface area contributed by atoms with Crippen LogP contribution < -0.4 is 5.32 Å². The Morgan fingerprint density at radius 2 is 2.07 bits per heavy atom. The van der Waals surface area contributed by atoms with Gasteiger partial charge in [-0.25, -0.2) is 4.98 Å². The minimum Gasteiger partial charge on any atom is -0.472 e. The molecule has 27 heavy (non-hydrogen) atoms. The van der Waals surface area contributed by atoms with Crippen LogP contribution in [0, 0.1) is 0 Å². The number of carbonyl (C=O) groups is 2. The van der Waals surface area contributed by atoms with E-state index in [1.165, 1.54) is 38.1 Å². The Kier molecular flexibility index (Phi) is 4.89. The van der Waals surface area contributed by atoms with Crippen LogP contribution in [0.15, 0.2) is 41.5 Å². The Morgan fingerprint density at radius 3 is 2.70 bits per heavy atom. The topological polar surface area (TPSA) is 85.8 Å². The number of halogens is 3. The van der Waals surface area contributed by atoms with Crippen molar-refractivity contribution in [3.8, 4) is 11.1 Å². The number of imidazole rings is 1. The number of ether oxygens (including phenoxy) is 1. The van der Waals surface area contributed by atoms with E-state index in [0.717, 1.165) is 10.5 Å². The number of methoxy groups -OCH3 is 1. The average molecular weight is 381 g/mol. The fourth-order valence-electron chi connectivity index (χ4n) is 2.47. The highest BCUT2D eigenvalue weighted by Crippen LogP contribution is 2.35. The molecule has 1 N–H and O–H groups in total. The SMILES string of the molecule is COC(=O)CCNC(=O)c1cn2cc(-c3ccoc3)cc(C(F)(F)F)c2n1. The van der Waals surface area contributed by atoms with Gasteiger partial charge in [0.05, 0.1) is 31.6 Å². The number of carbonyl (C=O) groups excluding carboxylic acids is 2. The Bertz CT molecular complexity index is 977. The molecule has 0 bridgehead atoms. The molecular formula is C17H14F3N3O4. The molecule has 3 rings (SSSR count). The number of hydrogen-bond acceptors (Lipinski definition) is 5. The second-order valence-corrected chi connectivity index (χ2v) is 5.59. The van der Waals surface area contributed by atoms with E-state index in [-0.39, 0.29) is 24.2 Å². The number of amides is 1. The van der Waals surface area contributed by atoms with E-state index >= 15 is 0 Å². The predicted molar refractivity (Wildman–Crippen MR) is 86.9 cm³/mol. The zero-order valence-electron chi connectivity index (χ0n) is 14.0. The number of alkyl halides is 3. The lowest BCUT2D eigenvalue weighted by Crippen LogP contribution is -2.26. The summed E-state index contributed by atoms with van der Waals surface area (Å²) in [5, 5.41) is 2.41. The fraction of sp³-hybridized carbons (Fsp3) is 0.235. The summed E-state index contributed by atoms with van der Waals surface area (Å²) < 4.78 is 50.9. The van der Waals surface area contributed by atoms with Crippen molar-refractivity contribution in [2.75, 3.05) is 13.7 Å². The monoisotopic (exact) mass is 381 g/mol. The summed E-state index contributed by atoms with van der Waals surface area (Å²) >= 11 is 0. The lowest BCUT2D eigenvalue weighted by atomic mass is 10.1. The van der Waals surface area contributed by atoms with Gasteiger partial charge in [0.2, 0.25) is 0 Å². The van der Waals surface area contributed by atoms with Crippen molar-refractivity contribution in [2.24, 2.45) is 0 Å². The summed E-state index contributed by atoms with van der Waals surface area (Å²) in [4.78, 5) is 27.0. The summed E-state index contributed by atoms with van der Waals surface area (Å²) in [6.07, 6.45) is 0.563. The molecule has 0 radical (unpaired) electrons. The van der Waals surface area contributed by atoms with Crippen molar-refractivity contribution in [1.82, 2.24) is 14.7 Å². The normalized spacial score (nSPS) is 11.6. The molecule has 0 aromatic carbocycles. The van der Waals surface area contributed by atoms with E-state index < -0.39 is 29.3 Å². The summed E-state index contributed by atoms with van der Waals surface area (Å²) in [5.74, 6) is -1.21. The van der Waals surface area contributed by atoms with Crippen molar-refractivity contribution in [1.29, 1.82) is 0 Å². The lowest BCUT2D eigenvalue weighted by Gasteiger charge is -2.10. The molecule has 7 nitrogen and oxygen atoms in total. The summed E-state index contributed by atoms with van der Waals surface area (Å²) in [6.45, 7) is -0.0220. The Morgan fingerprint density at radius 1 is 1.30 bits per heavy atom. The van der Waals surface area contributed by atoms with E-state index in [9.17, 15) is 22.8 Å². The number of nitrogens with zero attached hydrogens (tertiary/aromatic N) is 2. The van der Waals surface area contributed by atoms with Crippen molar-refractivity contribution in [3.05, 3.63) is 48.3 Å². The van der Waals surface area contributed by atoms with Gasteiger partial charge in [-0.3, -0.25) is 9.59 Å². The third-order valence-corrected chi connectivity index (χ3v) is 3.79. The van der Waals surface area contributed by atoms with E-state index in [1.54, 1.807) is 0 Å². The molecule has 0 fully saturated rings. The van der Waals surface area contributed by atoms with Gasteiger partial charge in [-0.1, -0.05) is 0 Å². The Labute approximate surface area is 150 Å². The molecule has 10 heteroatoms. The third-order valence-electron chi connectivity index (χ3n) is 3.79. The lowest BCUT2D eigenvalue weighted by molar-refractivity contribution is -0.140. The van der Waals surface area contributed by atoms with Gasteiger partial charge in [0, 0.05) is 30.1 Å². The van der Waals surface area contributed by atoms with Crippen LogP contribution >= 0.6 is 0 Å². The van der Waals surface area contributed by atoms with Crippen LogP contribution in [0.5, 0.6) is 0 Å². The van der Waals surface area contributed by atoms with E-state index in [4.69, 9.17) is 4.42 Å². The zero-order chi connectivity index (χ0) is 19.6. The second-order valence-electron chi connectivity index (χ2n) is 5.59. The van der Waals surface area contributed by atoms with Crippen LogP contribution in [0.2, 0.25) is 0 Å². The number of fused-ring (bicyclic) bond motifs is 1. The first-order valence-electron chi connectivity index (χ1n) is 7.77. The van der Waals surface area contributed by atoms with E-state index in [2.05, 4.69) is 15.0 Å². The summed E-state index contributed by atoms with van der Waals surface area (Å²) in [6, 6.07) is 2.48. The molecule has 0 saturated carbocycles. The number of nitrogens with one attached hydrogen (secondary N) is 1. The van der Waals surface area contributed by atoms with Crippen LogP contribution in [0.25, 0.3) is 16.8 Å².